The SMILES string of the molecule is O=C(O)CSCC(=O)N[C@H]1CO[C@H]2[C@@H]1OC[C@@H]2n1nnnc1Oc1ccc(-n2ccnc2)cc1. The summed E-state index contributed by atoms with van der Waals surface area (Å²) in [7, 11) is 0. The predicted molar refractivity (Wildman–Crippen MR) is 117 cm³/mol. The fourth-order valence-electron chi connectivity index (χ4n) is 3.96. The van der Waals surface area contributed by atoms with E-state index in [1.165, 1.54) is 4.68 Å². The van der Waals surface area contributed by atoms with E-state index in [0.717, 1.165) is 17.4 Å². The van der Waals surface area contributed by atoms with E-state index < -0.39 is 5.97 Å². The third kappa shape index (κ3) is 4.73. The Kier molecular flexibility index (Phi) is 6.42. The van der Waals surface area contributed by atoms with Gasteiger partial charge in [-0.3, -0.25) is 9.59 Å². The number of carboxylic acid groups (broad SMARTS) is 1. The summed E-state index contributed by atoms with van der Waals surface area (Å²) in [5.74, 6) is -0.746. The van der Waals surface area contributed by atoms with Crippen molar-refractivity contribution in [3.05, 3.63) is 43.0 Å². The molecule has 2 aliphatic heterocycles. The van der Waals surface area contributed by atoms with Gasteiger partial charge in [0.15, 0.2) is 0 Å². The summed E-state index contributed by atoms with van der Waals surface area (Å²) in [6.07, 6.45) is 4.52. The number of fused-ring (bicyclic) bond motifs is 1. The maximum Gasteiger partial charge on any atom is 0.341 e. The highest BCUT2D eigenvalue weighted by molar-refractivity contribution is 8.00. The summed E-state index contributed by atoms with van der Waals surface area (Å²) < 4.78 is 21.1. The lowest BCUT2D eigenvalue weighted by Gasteiger charge is -2.18. The third-order valence-corrected chi connectivity index (χ3v) is 6.37. The minimum absolute atomic E-state index is 0.0498. The topological polar surface area (TPSA) is 156 Å². The van der Waals surface area contributed by atoms with Gasteiger partial charge < -0.3 is 29.2 Å². The molecule has 14 heteroatoms. The molecule has 4 atom stereocenters. The van der Waals surface area contributed by atoms with Gasteiger partial charge in [0.25, 0.3) is 0 Å². The number of carboxylic acids is 1. The predicted octanol–water partition coefficient (Wildman–Crippen LogP) is 0.292. The molecule has 2 N–H and O–H groups in total. The first-order valence-corrected chi connectivity index (χ1v) is 11.6. The molecule has 2 aliphatic rings. The Morgan fingerprint density at radius 3 is 2.76 bits per heavy atom. The molecule has 1 amide bonds. The molecule has 2 aromatic heterocycles. The number of hydrogen-bond donors (Lipinski definition) is 2. The van der Waals surface area contributed by atoms with Crippen LogP contribution in [0.3, 0.4) is 0 Å². The fraction of sp³-hybridized carbons (Fsp3) is 0.400. The minimum atomic E-state index is -0.961. The number of aliphatic carboxylic acids is 1. The van der Waals surface area contributed by atoms with Crippen LogP contribution in [0.1, 0.15) is 6.04 Å². The molecule has 2 fully saturated rings. The molecular weight excluding hydrogens is 466 g/mol. The van der Waals surface area contributed by atoms with E-state index in [1.807, 2.05) is 35.0 Å². The number of amides is 1. The molecule has 34 heavy (non-hydrogen) atoms. The number of ether oxygens (including phenoxy) is 3. The summed E-state index contributed by atoms with van der Waals surface area (Å²) in [6.45, 7) is 0.561. The van der Waals surface area contributed by atoms with Gasteiger partial charge in [0.1, 0.15) is 24.0 Å². The van der Waals surface area contributed by atoms with Crippen molar-refractivity contribution in [1.82, 2.24) is 35.1 Å². The molecule has 0 radical (unpaired) electrons. The first-order chi connectivity index (χ1) is 16.6. The summed E-state index contributed by atoms with van der Waals surface area (Å²) >= 11 is 1.03. The third-order valence-electron chi connectivity index (χ3n) is 5.46. The number of rotatable bonds is 9. The molecule has 1 aromatic carbocycles. The van der Waals surface area contributed by atoms with Crippen LogP contribution in [0.4, 0.5) is 0 Å². The van der Waals surface area contributed by atoms with Crippen molar-refractivity contribution >= 4 is 23.6 Å². The Balaban J connectivity index is 1.21. The number of carbonyl (C=O) groups is 2. The molecule has 0 aliphatic carbocycles. The van der Waals surface area contributed by atoms with Crippen LogP contribution in [0.2, 0.25) is 0 Å². The van der Waals surface area contributed by atoms with Crippen LogP contribution >= 0.6 is 11.8 Å². The van der Waals surface area contributed by atoms with Crippen molar-refractivity contribution < 1.29 is 28.9 Å². The van der Waals surface area contributed by atoms with E-state index in [2.05, 4.69) is 25.8 Å². The van der Waals surface area contributed by atoms with Gasteiger partial charge in [-0.25, -0.2) is 4.98 Å². The van der Waals surface area contributed by atoms with Gasteiger partial charge in [-0.2, -0.15) is 4.68 Å². The number of tetrazole rings is 1. The second-order valence-electron chi connectivity index (χ2n) is 7.70. The molecule has 4 heterocycles. The van der Waals surface area contributed by atoms with Crippen LogP contribution in [0.15, 0.2) is 43.0 Å². The lowest BCUT2D eigenvalue weighted by molar-refractivity contribution is -0.133. The molecule has 0 unspecified atom stereocenters. The molecule has 5 rings (SSSR count). The molecule has 2 saturated heterocycles. The van der Waals surface area contributed by atoms with E-state index in [4.69, 9.17) is 19.3 Å². The van der Waals surface area contributed by atoms with Crippen LogP contribution in [0, 0.1) is 0 Å². The number of carbonyl (C=O) groups excluding carboxylic acids is 1. The van der Waals surface area contributed by atoms with Crippen LogP contribution < -0.4 is 10.1 Å². The van der Waals surface area contributed by atoms with Crippen LogP contribution in [0.25, 0.3) is 5.69 Å². The normalized spacial score (nSPS) is 23.5. The van der Waals surface area contributed by atoms with Crippen molar-refractivity contribution in [2.24, 2.45) is 0 Å². The zero-order chi connectivity index (χ0) is 23.5. The molecule has 0 bridgehead atoms. The summed E-state index contributed by atoms with van der Waals surface area (Å²) in [6, 6.07) is 6.92. The van der Waals surface area contributed by atoms with E-state index >= 15 is 0 Å². The Morgan fingerprint density at radius 1 is 1.18 bits per heavy atom. The molecule has 0 spiro atoms. The molecule has 0 saturated carbocycles. The second kappa shape index (κ2) is 9.79. The highest BCUT2D eigenvalue weighted by atomic mass is 32.2. The Labute approximate surface area is 197 Å². The van der Waals surface area contributed by atoms with E-state index in [-0.39, 0.29) is 60.9 Å². The molecule has 178 valence electrons. The first-order valence-electron chi connectivity index (χ1n) is 10.4. The summed E-state index contributed by atoms with van der Waals surface area (Å²) in [5.41, 5.74) is 0.935. The Bertz CT molecular complexity index is 1140. The number of aromatic nitrogens is 6. The molecular formula is C20H21N7O6S. The van der Waals surface area contributed by atoms with Gasteiger partial charge >= 0.3 is 12.0 Å². The number of nitrogens with one attached hydrogen (secondary N) is 1. The number of imidazole rings is 1. The zero-order valence-electron chi connectivity index (χ0n) is 17.8. The zero-order valence-corrected chi connectivity index (χ0v) is 18.6. The largest absolute Gasteiger partial charge is 0.481 e. The smallest absolute Gasteiger partial charge is 0.341 e. The maximum absolute atomic E-state index is 12.1. The Hall–Kier alpha value is -3.49. The standard InChI is InChI=1S/C20H21N7O6S/c28-16(9-34-10-17(29)30)22-14-7-31-19-15(8-32-18(14)19)27-20(23-24-25-27)33-13-3-1-12(2-4-13)26-6-5-21-11-26/h1-6,11,14-15,18-19H,7-10H2,(H,22,28)(H,29,30)/t14-,15-,18+,19+/m0/s1. The first kappa shape index (κ1) is 22.3. The minimum Gasteiger partial charge on any atom is -0.481 e. The Morgan fingerprint density at radius 2 is 2.00 bits per heavy atom. The number of thioether (sulfide) groups is 1. The van der Waals surface area contributed by atoms with E-state index in [1.54, 1.807) is 12.5 Å². The van der Waals surface area contributed by atoms with Crippen LogP contribution in [0.5, 0.6) is 11.8 Å². The van der Waals surface area contributed by atoms with Crippen LogP contribution in [-0.4, -0.2) is 89.7 Å². The van der Waals surface area contributed by atoms with Crippen molar-refractivity contribution in [1.29, 1.82) is 0 Å². The quantitative estimate of drug-likeness (QED) is 0.428. The van der Waals surface area contributed by atoms with Crippen molar-refractivity contribution in [3.63, 3.8) is 0 Å². The van der Waals surface area contributed by atoms with Crippen molar-refractivity contribution in [2.75, 3.05) is 24.7 Å². The second-order valence-corrected chi connectivity index (χ2v) is 8.68. The molecule has 3 aromatic rings. The summed E-state index contributed by atoms with van der Waals surface area (Å²) in [5, 5.41) is 23.4. The van der Waals surface area contributed by atoms with Gasteiger partial charge in [-0.15, -0.1) is 11.8 Å². The highest BCUT2D eigenvalue weighted by Gasteiger charge is 2.50. The lowest BCUT2D eigenvalue weighted by Crippen LogP contribution is -2.44. The van der Waals surface area contributed by atoms with Gasteiger partial charge in [0.05, 0.1) is 37.1 Å². The number of nitrogens with zero attached hydrogens (tertiary/aromatic N) is 6. The average molecular weight is 487 g/mol. The van der Waals surface area contributed by atoms with Crippen LogP contribution in [-0.2, 0) is 19.1 Å². The number of benzene rings is 1. The average Bonchev–Trinajstić information content (AvgIpc) is 3.61. The van der Waals surface area contributed by atoms with Crippen molar-refractivity contribution in [2.45, 2.75) is 24.3 Å². The fourth-order valence-corrected chi connectivity index (χ4v) is 4.50. The van der Waals surface area contributed by atoms with Gasteiger partial charge in [0, 0.05) is 18.1 Å². The van der Waals surface area contributed by atoms with E-state index in [9.17, 15) is 9.59 Å². The maximum atomic E-state index is 12.1. The van der Waals surface area contributed by atoms with Gasteiger partial charge in [-0.1, -0.05) is 5.10 Å². The lowest BCUT2D eigenvalue weighted by atomic mass is 10.1. The van der Waals surface area contributed by atoms with Gasteiger partial charge in [-0.05, 0) is 34.7 Å². The number of hydrogen-bond acceptors (Lipinski definition) is 10. The highest BCUT2D eigenvalue weighted by Crippen LogP contribution is 2.36. The van der Waals surface area contributed by atoms with Gasteiger partial charge in [0.2, 0.25) is 5.91 Å². The summed E-state index contributed by atoms with van der Waals surface area (Å²) in [4.78, 5) is 26.8. The monoisotopic (exact) mass is 487 g/mol. The molecule has 13 nitrogen and oxygen atoms in total. The van der Waals surface area contributed by atoms with Crippen molar-refractivity contribution in [3.8, 4) is 17.4 Å². The van der Waals surface area contributed by atoms with E-state index in [0.29, 0.717) is 5.75 Å².